The fourth-order valence-corrected chi connectivity index (χ4v) is 1.19. The minimum Gasteiger partial charge on any atom is -0.292 e. The van der Waals surface area contributed by atoms with Crippen LogP contribution < -0.4 is 5.43 Å². The van der Waals surface area contributed by atoms with Gasteiger partial charge in [-0.15, -0.1) is 0 Å². The van der Waals surface area contributed by atoms with Crippen LogP contribution >= 0.6 is 0 Å². The smallest absolute Gasteiger partial charge is 0.292 e. The van der Waals surface area contributed by atoms with Crippen LogP contribution in [0.2, 0.25) is 0 Å². The molecule has 0 aromatic heterocycles. The number of piperidine rings is 1. The Labute approximate surface area is 65.5 Å². The molecule has 1 aliphatic heterocycles. The summed E-state index contributed by atoms with van der Waals surface area (Å²) in [6, 6.07) is 0. The molecule has 0 aliphatic carbocycles. The van der Waals surface area contributed by atoms with Gasteiger partial charge in [0.05, 0.1) is 0 Å². The standard InChI is InChI=1S/C7H12N2O2/c10-6-7(11)8-9-4-2-1-3-5-9/h6H,1-5H2,(H,8,11). The van der Waals surface area contributed by atoms with E-state index in [9.17, 15) is 9.59 Å². The maximum Gasteiger partial charge on any atom is 0.298 e. The van der Waals surface area contributed by atoms with E-state index in [0.29, 0.717) is 6.29 Å². The SMILES string of the molecule is O=CC(=O)NN1CCCCC1. The van der Waals surface area contributed by atoms with Crippen LogP contribution in [0.3, 0.4) is 0 Å². The van der Waals surface area contributed by atoms with Crippen LogP contribution in [0.15, 0.2) is 0 Å². The summed E-state index contributed by atoms with van der Waals surface area (Å²) in [5, 5.41) is 1.79. The van der Waals surface area contributed by atoms with Crippen molar-refractivity contribution in [2.75, 3.05) is 13.1 Å². The van der Waals surface area contributed by atoms with Gasteiger partial charge in [-0.1, -0.05) is 6.42 Å². The van der Waals surface area contributed by atoms with Crippen LogP contribution in [0.25, 0.3) is 0 Å². The fraction of sp³-hybridized carbons (Fsp3) is 0.714. The first-order chi connectivity index (χ1) is 5.33. The zero-order valence-electron chi connectivity index (χ0n) is 6.38. The molecular formula is C7H12N2O2. The van der Waals surface area contributed by atoms with Crippen molar-refractivity contribution in [3.63, 3.8) is 0 Å². The van der Waals surface area contributed by atoms with Gasteiger partial charge in [0.25, 0.3) is 5.91 Å². The minimum absolute atomic E-state index is 0.300. The number of hydrazine groups is 1. The molecule has 4 nitrogen and oxygen atoms in total. The number of aldehydes is 1. The maximum atomic E-state index is 10.6. The van der Waals surface area contributed by atoms with E-state index in [-0.39, 0.29) is 0 Å². The van der Waals surface area contributed by atoms with Crippen molar-refractivity contribution in [1.82, 2.24) is 10.4 Å². The highest BCUT2D eigenvalue weighted by Crippen LogP contribution is 2.05. The van der Waals surface area contributed by atoms with Crippen LogP contribution in [0, 0.1) is 0 Å². The number of hydrogen-bond donors (Lipinski definition) is 1. The lowest BCUT2D eigenvalue weighted by Crippen LogP contribution is -2.45. The molecule has 62 valence electrons. The third-order valence-electron chi connectivity index (χ3n) is 1.73. The molecule has 0 saturated carbocycles. The maximum absolute atomic E-state index is 10.6. The van der Waals surface area contributed by atoms with Crippen molar-refractivity contribution in [3.8, 4) is 0 Å². The lowest BCUT2D eigenvalue weighted by Gasteiger charge is -2.25. The third kappa shape index (κ3) is 2.67. The van der Waals surface area contributed by atoms with Gasteiger partial charge in [0, 0.05) is 13.1 Å². The Kier molecular flexibility index (Phi) is 3.04. The molecule has 1 heterocycles. The van der Waals surface area contributed by atoms with E-state index in [1.54, 1.807) is 5.01 Å². The highest BCUT2D eigenvalue weighted by molar-refractivity contribution is 6.23. The van der Waals surface area contributed by atoms with E-state index < -0.39 is 5.91 Å². The first-order valence-corrected chi connectivity index (χ1v) is 3.83. The Balaban J connectivity index is 2.24. The zero-order valence-corrected chi connectivity index (χ0v) is 6.38. The highest BCUT2D eigenvalue weighted by Gasteiger charge is 2.11. The Hall–Kier alpha value is -0.900. The number of carbonyl (C=O) groups excluding carboxylic acids is 2. The molecule has 0 unspecified atom stereocenters. The summed E-state index contributed by atoms with van der Waals surface area (Å²) >= 11 is 0. The second-order valence-corrected chi connectivity index (χ2v) is 2.64. The average molecular weight is 156 g/mol. The van der Waals surface area contributed by atoms with Gasteiger partial charge in [-0.25, -0.2) is 5.01 Å². The summed E-state index contributed by atoms with van der Waals surface area (Å²) in [5.74, 6) is -0.549. The molecule has 0 spiro atoms. The van der Waals surface area contributed by atoms with Crippen LogP contribution in [0.1, 0.15) is 19.3 Å². The number of amides is 1. The number of nitrogens with one attached hydrogen (secondary N) is 1. The molecular weight excluding hydrogens is 144 g/mol. The van der Waals surface area contributed by atoms with Crippen molar-refractivity contribution in [2.45, 2.75) is 19.3 Å². The summed E-state index contributed by atoms with van der Waals surface area (Å²) < 4.78 is 0. The van der Waals surface area contributed by atoms with Crippen molar-refractivity contribution in [3.05, 3.63) is 0 Å². The van der Waals surface area contributed by atoms with Crippen LogP contribution in [0.4, 0.5) is 0 Å². The van der Waals surface area contributed by atoms with Gasteiger partial charge in [0.2, 0.25) is 6.29 Å². The molecule has 0 aromatic carbocycles. The molecule has 0 bridgehead atoms. The number of hydrogen-bond acceptors (Lipinski definition) is 3. The normalized spacial score (nSPS) is 19.3. The second-order valence-electron chi connectivity index (χ2n) is 2.64. The monoisotopic (exact) mass is 156 g/mol. The topological polar surface area (TPSA) is 49.4 Å². The van der Waals surface area contributed by atoms with Gasteiger partial charge in [-0.3, -0.25) is 15.0 Å². The van der Waals surface area contributed by atoms with Crippen molar-refractivity contribution in [2.24, 2.45) is 0 Å². The van der Waals surface area contributed by atoms with E-state index in [2.05, 4.69) is 5.43 Å². The van der Waals surface area contributed by atoms with Crippen LogP contribution in [-0.4, -0.2) is 30.3 Å². The molecule has 1 rings (SSSR count). The predicted molar refractivity (Wildman–Crippen MR) is 39.6 cm³/mol. The fourth-order valence-electron chi connectivity index (χ4n) is 1.19. The first-order valence-electron chi connectivity index (χ1n) is 3.83. The molecule has 1 N–H and O–H groups in total. The van der Waals surface area contributed by atoms with Gasteiger partial charge < -0.3 is 0 Å². The number of carbonyl (C=O) groups is 2. The van der Waals surface area contributed by atoms with Gasteiger partial charge in [0.15, 0.2) is 0 Å². The van der Waals surface area contributed by atoms with E-state index in [0.717, 1.165) is 25.9 Å². The Bertz CT molecular complexity index is 153. The molecule has 4 heteroatoms. The zero-order chi connectivity index (χ0) is 8.10. The van der Waals surface area contributed by atoms with Gasteiger partial charge in [0.1, 0.15) is 0 Å². The average Bonchev–Trinajstić information content (AvgIpc) is 2.06. The largest absolute Gasteiger partial charge is 0.298 e. The number of nitrogens with zero attached hydrogens (tertiary/aromatic N) is 1. The molecule has 11 heavy (non-hydrogen) atoms. The minimum atomic E-state index is -0.549. The summed E-state index contributed by atoms with van der Waals surface area (Å²) in [6.07, 6.45) is 3.71. The van der Waals surface area contributed by atoms with Crippen molar-refractivity contribution < 1.29 is 9.59 Å². The molecule has 0 radical (unpaired) electrons. The summed E-state index contributed by atoms with van der Waals surface area (Å²) in [5.41, 5.74) is 2.49. The van der Waals surface area contributed by atoms with Gasteiger partial charge in [-0.2, -0.15) is 0 Å². The molecule has 1 saturated heterocycles. The van der Waals surface area contributed by atoms with E-state index >= 15 is 0 Å². The van der Waals surface area contributed by atoms with Gasteiger partial charge >= 0.3 is 0 Å². The summed E-state index contributed by atoms with van der Waals surface area (Å²) in [6.45, 7) is 1.72. The molecule has 1 amide bonds. The van der Waals surface area contributed by atoms with Crippen molar-refractivity contribution >= 4 is 12.2 Å². The van der Waals surface area contributed by atoms with Crippen LogP contribution in [0.5, 0.6) is 0 Å². The lowest BCUT2D eigenvalue weighted by molar-refractivity contribution is -0.135. The molecule has 1 aliphatic rings. The summed E-state index contributed by atoms with van der Waals surface area (Å²) in [7, 11) is 0. The Morgan fingerprint density at radius 2 is 1.91 bits per heavy atom. The lowest BCUT2D eigenvalue weighted by atomic mass is 10.2. The van der Waals surface area contributed by atoms with E-state index in [4.69, 9.17) is 0 Å². The van der Waals surface area contributed by atoms with Gasteiger partial charge in [-0.05, 0) is 12.8 Å². The third-order valence-corrected chi connectivity index (χ3v) is 1.73. The first kappa shape index (κ1) is 8.20. The Morgan fingerprint density at radius 1 is 1.27 bits per heavy atom. The van der Waals surface area contributed by atoms with Crippen molar-refractivity contribution in [1.29, 1.82) is 0 Å². The quantitative estimate of drug-likeness (QED) is 0.441. The van der Waals surface area contributed by atoms with E-state index in [1.165, 1.54) is 6.42 Å². The Morgan fingerprint density at radius 3 is 2.45 bits per heavy atom. The number of rotatable bonds is 2. The predicted octanol–water partition coefficient (Wildman–Crippen LogP) is -0.298. The summed E-state index contributed by atoms with van der Waals surface area (Å²) in [4.78, 5) is 20.5. The second kappa shape index (κ2) is 4.08. The molecule has 0 atom stereocenters. The van der Waals surface area contributed by atoms with E-state index in [1.807, 2.05) is 0 Å². The molecule has 0 aromatic rings. The highest BCUT2D eigenvalue weighted by atomic mass is 16.2. The van der Waals surface area contributed by atoms with Crippen LogP contribution in [-0.2, 0) is 9.59 Å². The molecule has 1 fully saturated rings.